The van der Waals surface area contributed by atoms with E-state index in [0.717, 1.165) is 31.1 Å². The molecule has 1 aliphatic rings. The van der Waals surface area contributed by atoms with Gasteiger partial charge in [-0.25, -0.2) is 0 Å². The lowest BCUT2D eigenvalue weighted by molar-refractivity contribution is 0.0820. The molecule has 0 bridgehead atoms. The molecule has 1 aliphatic heterocycles. The second-order valence-corrected chi connectivity index (χ2v) is 3.70. The van der Waals surface area contributed by atoms with Crippen molar-refractivity contribution in [3.63, 3.8) is 0 Å². The van der Waals surface area contributed by atoms with Gasteiger partial charge in [0.25, 0.3) is 0 Å². The molecule has 1 aromatic rings. The van der Waals surface area contributed by atoms with Gasteiger partial charge < -0.3 is 4.74 Å². The van der Waals surface area contributed by atoms with Gasteiger partial charge in [0, 0.05) is 18.9 Å². The quantitative estimate of drug-likeness (QED) is 0.656. The second kappa shape index (κ2) is 3.46. The molecule has 0 aliphatic carbocycles. The number of hydrogen-bond acceptors (Lipinski definition) is 3. The van der Waals surface area contributed by atoms with Crippen LogP contribution in [-0.2, 0) is 17.9 Å². The second-order valence-electron chi connectivity index (χ2n) is 3.70. The summed E-state index contributed by atoms with van der Waals surface area (Å²) in [5.74, 6) is 2.53. The van der Waals surface area contributed by atoms with Crippen LogP contribution in [0.5, 0.6) is 0 Å². The van der Waals surface area contributed by atoms with Gasteiger partial charge in [-0.2, -0.15) is 0 Å². The molecule has 13 heavy (non-hydrogen) atoms. The van der Waals surface area contributed by atoms with Crippen LogP contribution in [0.1, 0.15) is 37.8 Å². The Kier molecular flexibility index (Phi) is 2.31. The molecule has 0 amide bonds. The van der Waals surface area contributed by atoms with Crippen LogP contribution in [0.25, 0.3) is 0 Å². The van der Waals surface area contributed by atoms with E-state index in [1.54, 1.807) is 0 Å². The summed E-state index contributed by atoms with van der Waals surface area (Å²) in [5.41, 5.74) is 0. The SMILES string of the molecule is CC(C)c1nnc2n1COCCC2. The highest BCUT2D eigenvalue weighted by Gasteiger charge is 2.16. The van der Waals surface area contributed by atoms with Gasteiger partial charge in [0.2, 0.25) is 0 Å². The lowest BCUT2D eigenvalue weighted by atomic mass is 10.2. The number of aromatic nitrogens is 3. The van der Waals surface area contributed by atoms with Crippen LogP contribution in [0.3, 0.4) is 0 Å². The predicted octanol–water partition coefficient (Wildman–Crippen LogP) is 1.32. The molecule has 1 aromatic heterocycles. The van der Waals surface area contributed by atoms with Gasteiger partial charge in [-0.15, -0.1) is 10.2 Å². The third kappa shape index (κ3) is 1.58. The Labute approximate surface area is 77.9 Å². The maximum Gasteiger partial charge on any atom is 0.137 e. The standard InChI is InChI=1S/C9H15N3O/c1-7(2)9-11-10-8-4-3-5-13-6-12(8)9/h7H,3-6H2,1-2H3. The van der Waals surface area contributed by atoms with Crippen molar-refractivity contribution in [2.75, 3.05) is 6.61 Å². The van der Waals surface area contributed by atoms with Gasteiger partial charge >= 0.3 is 0 Å². The minimum atomic E-state index is 0.419. The molecule has 4 heteroatoms. The number of aryl methyl sites for hydroxylation is 1. The molecule has 0 unspecified atom stereocenters. The molecule has 0 saturated carbocycles. The zero-order chi connectivity index (χ0) is 9.26. The summed E-state index contributed by atoms with van der Waals surface area (Å²) in [4.78, 5) is 0. The van der Waals surface area contributed by atoms with Crippen molar-refractivity contribution in [2.45, 2.75) is 39.3 Å². The summed E-state index contributed by atoms with van der Waals surface area (Å²) in [6, 6.07) is 0. The summed E-state index contributed by atoms with van der Waals surface area (Å²) in [6.07, 6.45) is 2.04. The Hall–Kier alpha value is -0.900. The largest absolute Gasteiger partial charge is 0.361 e. The predicted molar refractivity (Wildman–Crippen MR) is 48.4 cm³/mol. The maximum atomic E-state index is 5.45. The van der Waals surface area contributed by atoms with E-state index in [-0.39, 0.29) is 0 Å². The molecule has 2 rings (SSSR count). The van der Waals surface area contributed by atoms with E-state index >= 15 is 0 Å². The van der Waals surface area contributed by atoms with Crippen molar-refractivity contribution in [3.05, 3.63) is 11.6 Å². The first-order chi connectivity index (χ1) is 6.29. The first-order valence-electron chi connectivity index (χ1n) is 4.78. The molecule has 0 fully saturated rings. The Morgan fingerprint density at radius 2 is 2.23 bits per heavy atom. The first kappa shape index (κ1) is 8.69. The molecule has 0 saturated heterocycles. The zero-order valence-corrected chi connectivity index (χ0v) is 8.16. The number of fused-ring (bicyclic) bond motifs is 1. The molecule has 0 N–H and O–H groups in total. The molecular weight excluding hydrogens is 166 g/mol. The highest BCUT2D eigenvalue weighted by Crippen LogP contribution is 2.16. The van der Waals surface area contributed by atoms with Crippen LogP contribution < -0.4 is 0 Å². The van der Waals surface area contributed by atoms with E-state index in [1.807, 2.05) is 0 Å². The van der Waals surface area contributed by atoms with Crippen molar-refractivity contribution in [3.8, 4) is 0 Å². The van der Waals surface area contributed by atoms with Gasteiger partial charge in [-0.1, -0.05) is 13.8 Å². The van der Waals surface area contributed by atoms with Gasteiger partial charge in [-0.3, -0.25) is 4.57 Å². The van der Waals surface area contributed by atoms with Crippen LogP contribution in [0.2, 0.25) is 0 Å². The molecule has 4 nitrogen and oxygen atoms in total. The Morgan fingerprint density at radius 1 is 1.38 bits per heavy atom. The summed E-state index contributed by atoms with van der Waals surface area (Å²) >= 11 is 0. The van der Waals surface area contributed by atoms with Gasteiger partial charge in [0.05, 0.1) is 0 Å². The summed E-state index contributed by atoms with van der Waals surface area (Å²) in [5, 5.41) is 8.34. The van der Waals surface area contributed by atoms with E-state index in [1.165, 1.54) is 0 Å². The minimum absolute atomic E-state index is 0.419. The molecule has 0 radical (unpaired) electrons. The lowest BCUT2D eigenvalue weighted by Crippen LogP contribution is -2.08. The highest BCUT2D eigenvalue weighted by atomic mass is 16.5. The van der Waals surface area contributed by atoms with Crippen LogP contribution in [0.4, 0.5) is 0 Å². The molecule has 0 aromatic carbocycles. The van der Waals surface area contributed by atoms with Gasteiger partial charge in [0.15, 0.2) is 0 Å². The monoisotopic (exact) mass is 181 g/mol. The van der Waals surface area contributed by atoms with Crippen LogP contribution in [-0.4, -0.2) is 21.4 Å². The Bertz CT molecular complexity index is 293. The summed E-state index contributed by atoms with van der Waals surface area (Å²) in [7, 11) is 0. The van der Waals surface area contributed by atoms with E-state index in [9.17, 15) is 0 Å². The summed E-state index contributed by atoms with van der Waals surface area (Å²) < 4.78 is 7.55. The first-order valence-corrected chi connectivity index (χ1v) is 4.78. The highest BCUT2D eigenvalue weighted by molar-refractivity contribution is 5.00. The third-order valence-electron chi connectivity index (χ3n) is 2.28. The molecule has 0 spiro atoms. The Balaban J connectivity index is 2.34. The van der Waals surface area contributed by atoms with E-state index in [4.69, 9.17) is 4.74 Å². The average molecular weight is 181 g/mol. The third-order valence-corrected chi connectivity index (χ3v) is 2.28. The van der Waals surface area contributed by atoms with E-state index in [2.05, 4.69) is 28.6 Å². The van der Waals surface area contributed by atoms with Crippen molar-refractivity contribution in [2.24, 2.45) is 0 Å². The minimum Gasteiger partial charge on any atom is -0.361 e. The number of rotatable bonds is 1. The lowest BCUT2D eigenvalue weighted by Gasteiger charge is -2.08. The average Bonchev–Trinajstić information content (AvgIpc) is 2.36. The van der Waals surface area contributed by atoms with Crippen LogP contribution in [0.15, 0.2) is 0 Å². The van der Waals surface area contributed by atoms with Crippen molar-refractivity contribution < 1.29 is 4.74 Å². The molecule has 2 heterocycles. The number of ether oxygens (including phenoxy) is 1. The van der Waals surface area contributed by atoms with Gasteiger partial charge in [0.1, 0.15) is 18.4 Å². The fourth-order valence-corrected chi connectivity index (χ4v) is 1.59. The van der Waals surface area contributed by atoms with Gasteiger partial charge in [-0.05, 0) is 6.42 Å². The van der Waals surface area contributed by atoms with E-state index in [0.29, 0.717) is 12.6 Å². The summed E-state index contributed by atoms with van der Waals surface area (Å²) in [6.45, 7) is 5.71. The number of hydrogen-bond donors (Lipinski definition) is 0. The Morgan fingerprint density at radius 3 is 3.00 bits per heavy atom. The van der Waals surface area contributed by atoms with Crippen molar-refractivity contribution in [1.29, 1.82) is 0 Å². The molecule has 72 valence electrons. The number of nitrogens with zero attached hydrogens (tertiary/aromatic N) is 3. The van der Waals surface area contributed by atoms with Crippen LogP contribution >= 0.6 is 0 Å². The van der Waals surface area contributed by atoms with Crippen molar-refractivity contribution in [1.82, 2.24) is 14.8 Å². The van der Waals surface area contributed by atoms with Crippen molar-refractivity contribution >= 4 is 0 Å². The molecular formula is C9H15N3O. The molecule has 0 atom stereocenters. The zero-order valence-electron chi connectivity index (χ0n) is 8.16. The fourth-order valence-electron chi connectivity index (χ4n) is 1.59. The fraction of sp³-hybridized carbons (Fsp3) is 0.778. The normalized spacial score (nSPS) is 17.2. The topological polar surface area (TPSA) is 39.9 Å². The van der Waals surface area contributed by atoms with E-state index < -0.39 is 0 Å². The van der Waals surface area contributed by atoms with Crippen LogP contribution in [0, 0.1) is 0 Å². The smallest absolute Gasteiger partial charge is 0.137 e. The maximum absolute atomic E-state index is 5.45.